The van der Waals surface area contributed by atoms with E-state index < -0.39 is 0 Å². The summed E-state index contributed by atoms with van der Waals surface area (Å²) in [5.41, 5.74) is 1.00. The summed E-state index contributed by atoms with van der Waals surface area (Å²) in [6, 6.07) is 2.12. The average Bonchev–Trinajstić information content (AvgIpc) is 2.44. The molecule has 3 nitrogen and oxygen atoms in total. The molecule has 0 bridgehead atoms. The van der Waals surface area contributed by atoms with E-state index in [0.29, 0.717) is 0 Å². The van der Waals surface area contributed by atoms with E-state index in [1.54, 1.807) is 16.2 Å². The SMILES string of the molecule is Cc1cc2c(s1)NC(=O)N(C)C2(C)C. The third kappa shape index (κ3) is 1.14. The maximum atomic E-state index is 11.6. The van der Waals surface area contributed by atoms with Crippen LogP contribution in [0.2, 0.25) is 0 Å². The Morgan fingerprint density at radius 1 is 1.50 bits per heavy atom. The number of hydrogen-bond acceptors (Lipinski definition) is 2. The molecule has 0 atom stereocenters. The lowest BCUT2D eigenvalue weighted by molar-refractivity contribution is 0.164. The smallest absolute Gasteiger partial charge is 0.318 e. The first-order valence-corrected chi connectivity index (χ1v) is 5.40. The summed E-state index contributed by atoms with van der Waals surface area (Å²) in [4.78, 5) is 14.6. The second-order valence-electron chi connectivity index (χ2n) is 4.15. The number of carbonyl (C=O) groups is 1. The molecular formula is C10H14N2OS. The summed E-state index contributed by atoms with van der Waals surface area (Å²) in [7, 11) is 1.82. The summed E-state index contributed by atoms with van der Waals surface area (Å²) in [5.74, 6) is 0. The molecule has 2 amide bonds. The second kappa shape index (κ2) is 2.73. The number of urea groups is 1. The largest absolute Gasteiger partial charge is 0.322 e. The quantitative estimate of drug-likeness (QED) is 0.701. The molecule has 14 heavy (non-hydrogen) atoms. The molecule has 0 saturated heterocycles. The predicted octanol–water partition coefficient (Wildman–Crippen LogP) is 2.77. The molecule has 1 aromatic heterocycles. The number of hydrogen-bond donors (Lipinski definition) is 1. The van der Waals surface area contributed by atoms with Crippen LogP contribution in [0.15, 0.2) is 6.07 Å². The summed E-state index contributed by atoms with van der Waals surface area (Å²) in [6.45, 7) is 6.19. The molecule has 0 spiro atoms. The highest BCUT2D eigenvalue weighted by Crippen LogP contribution is 2.41. The number of fused-ring (bicyclic) bond motifs is 1. The van der Waals surface area contributed by atoms with Crippen molar-refractivity contribution in [3.8, 4) is 0 Å². The van der Waals surface area contributed by atoms with E-state index in [1.165, 1.54) is 10.4 Å². The van der Waals surface area contributed by atoms with Gasteiger partial charge in [-0.3, -0.25) is 5.32 Å². The van der Waals surface area contributed by atoms with Crippen LogP contribution in [0.4, 0.5) is 9.80 Å². The van der Waals surface area contributed by atoms with E-state index in [9.17, 15) is 4.79 Å². The molecule has 1 aliphatic rings. The van der Waals surface area contributed by atoms with Crippen LogP contribution in [0.25, 0.3) is 0 Å². The maximum absolute atomic E-state index is 11.6. The lowest BCUT2D eigenvalue weighted by atomic mass is 9.93. The minimum Gasteiger partial charge on any atom is -0.318 e. The van der Waals surface area contributed by atoms with Gasteiger partial charge in [-0.15, -0.1) is 11.3 Å². The van der Waals surface area contributed by atoms with Crippen molar-refractivity contribution in [1.82, 2.24) is 4.90 Å². The zero-order valence-electron chi connectivity index (χ0n) is 8.84. The lowest BCUT2D eigenvalue weighted by Crippen LogP contribution is -2.48. The number of aryl methyl sites for hydroxylation is 1. The summed E-state index contributed by atoms with van der Waals surface area (Å²) in [5, 5.41) is 3.89. The number of rotatable bonds is 0. The lowest BCUT2D eigenvalue weighted by Gasteiger charge is -2.39. The van der Waals surface area contributed by atoms with Gasteiger partial charge in [-0.1, -0.05) is 0 Å². The van der Waals surface area contributed by atoms with Crippen LogP contribution in [0.5, 0.6) is 0 Å². The minimum absolute atomic E-state index is 0.0237. The van der Waals surface area contributed by atoms with E-state index >= 15 is 0 Å². The highest BCUT2D eigenvalue weighted by molar-refractivity contribution is 7.16. The molecule has 4 heteroatoms. The molecule has 76 valence electrons. The Hall–Kier alpha value is -1.03. The first-order chi connectivity index (χ1) is 6.43. The van der Waals surface area contributed by atoms with Gasteiger partial charge in [0.15, 0.2) is 0 Å². The zero-order valence-corrected chi connectivity index (χ0v) is 9.66. The van der Waals surface area contributed by atoms with Crippen LogP contribution in [0.1, 0.15) is 24.3 Å². The highest BCUT2D eigenvalue weighted by Gasteiger charge is 2.37. The van der Waals surface area contributed by atoms with Crippen LogP contribution >= 0.6 is 11.3 Å². The number of carbonyl (C=O) groups excluding carboxylic acids is 1. The van der Waals surface area contributed by atoms with Crippen molar-refractivity contribution >= 4 is 22.4 Å². The molecular weight excluding hydrogens is 196 g/mol. The number of thiophene rings is 1. The number of nitrogens with one attached hydrogen (secondary N) is 1. The molecule has 0 fully saturated rings. The fraction of sp³-hybridized carbons (Fsp3) is 0.500. The van der Waals surface area contributed by atoms with Crippen molar-refractivity contribution in [1.29, 1.82) is 0 Å². The first kappa shape index (κ1) is 9.52. The molecule has 0 aliphatic carbocycles. The molecule has 0 saturated carbocycles. The average molecular weight is 210 g/mol. The van der Waals surface area contributed by atoms with E-state index in [0.717, 1.165) is 5.00 Å². The fourth-order valence-corrected chi connectivity index (χ4v) is 2.73. The maximum Gasteiger partial charge on any atom is 0.322 e. The molecule has 1 N–H and O–H groups in total. The van der Waals surface area contributed by atoms with Crippen LogP contribution in [0, 0.1) is 6.92 Å². The van der Waals surface area contributed by atoms with Crippen LogP contribution in [-0.2, 0) is 5.54 Å². The summed E-state index contributed by atoms with van der Waals surface area (Å²) >= 11 is 1.64. The Kier molecular flexibility index (Phi) is 1.86. The van der Waals surface area contributed by atoms with Gasteiger partial charge in [-0.25, -0.2) is 4.79 Å². The van der Waals surface area contributed by atoms with Gasteiger partial charge in [-0.05, 0) is 26.8 Å². The molecule has 0 aromatic carbocycles. The zero-order chi connectivity index (χ0) is 10.5. The fourth-order valence-electron chi connectivity index (χ4n) is 1.68. The topological polar surface area (TPSA) is 32.3 Å². The van der Waals surface area contributed by atoms with Crippen LogP contribution in [0.3, 0.4) is 0 Å². The minimum atomic E-state index is -0.206. The van der Waals surface area contributed by atoms with E-state index in [4.69, 9.17) is 0 Å². The van der Waals surface area contributed by atoms with Gasteiger partial charge in [0.2, 0.25) is 0 Å². The number of nitrogens with zero attached hydrogens (tertiary/aromatic N) is 1. The third-order valence-electron chi connectivity index (χ3n) is 2.88. The van der Waals surface area contributed by atoms with Gasteiger partial charge in [0.05, 0.1) is 5.54 Å². The van der Waals surface area contributed by atoms with Gasteiger partial charge in [-0.2, -0.15) is 0 Å². The molecule has 1 aliphatic heterocycles. The Labute approximate surface area is 87.7 Å². The number of anilines is 1. The molecule has 0 unspecified atom stereocenters. The standard InChI is InChI=1S/C10H14N2OS/c1-6-5-7-8(14-6)11-9(13)12(4)10(7,2)3/h5H,1-4H3,(H,11,13). The Bertz CT molecular complexity index is 395. The van der Waals surface area contributed by atoms with Gasteiger partial charge in [0.1, 0.15) is 5.00 Å². The summed E-state index contributed by atoms with van der Waals surface area (Å²) < 4.78 is 0. The van der Waals surface area contributed by atoms with Crippen molar-refractivity contribution in [2.45, 2.75) is 26.3 Å². The first-order valence-electron chi connectivity index (χ1n) is 4.58. The molecule has 0 radical (unpaired) electrons. The van der Waals surface area contributed by atoms with Crippen molar-refractivity contribution in [2.24, 2.45) is 0 Å². The Balaban J connectivity index is 2.59. The highest BCUT2D eigenvalue weighted by atomic mass is 32.1. The number of amides is 2. The van der Waals surface area contributed by atoms with E-state index in [-0.39, 0.29) is 11.6 Å². The van der Waals surface area contributed by atoms with E-state index in [1.807, 2.05) is 7.05 Å². The van der Waals surface area contributed by atoms with Gasteiger partial charge in [0, 0.05) is 17.5 Å². The normalized spacial score (nSPS) is 19.1. The van der Waals surface area contributed by atoms with Crippen molar-refractivity contribution in [3.05, 3.63) is 16.5 Å². The monoisotopic (exact) mass is 210 g/mol. The second-order valence-corrected chi connectivity index (χ2v) is 5.40. The molecule has 1 aromatic rings. The third-order valence-corrected chi connectivity index (χ3v) is 3.84. The molecule has 2 rings (SSSR count). The van der Waals surface area contributed by atoms with Crippen LogP contribution in [-0.4, -0.2) is 18.0 Å². The van der Waals surface area contributed by atoms with Crippen molar-refractivity contribution < 1.29 is 4.79 Å². The van der Waals surface area contributed by atoms with Crippen molar-refractivity contribution in [3.63, 3.8) is 0 Å². The van der Waals surface area contributed by atoms with Gasteiger partial charge in [0.25, 0.3) is 0 Å². The molecule has 2 heterocycles. The Morgan fingerprint density at radius 3 is 2.79 bits per heavy atom. The van der Waals surface area contributed by atoms with Crippen LogP contribution < -0.4 is 5.32 Å². The van der Waals surface area contributed by atoms with Crippen molar-refractivity contribution in [2.75, 3.05) is 12.4 Å². The summed E-state index contributed by atoms with van der Waals surface area (Å²) in [6.07, 6.45) is 0. The predicted molar refractivity (Wildman–Crippen MR) is 58.9 cm³/mol. The van der Waals surface area contributed by atoms with E-state index in [2.05, 4.69) is 32.2 Å². The van der Waals surface area contributed by atoms with Gasteiger partial charge < -0.3 is 4.90 Å². The Morgan fingerprint density at radius 2 is 2.14 bits per heavy atom. The van der Waals surface area contributed by atoms with Gasteiger partial charge >= 0.3 is 6.03 Å².